The monoisotopic (exact) mass is 319 g/mol. The number of hydrogen-bond donors (Lipinski definition) is 1. The molecule has 2 rings (SSSR count). The van der Waals surface area contributed by atoms with Crippen molar-refractivity contribution >= 4 is 11.9 Å². The molecule has 0 saturated carbocycles. The van der Waals surface area contributed by atoms with Gasteiger partial charge < -0.3 is 14.7 Å². The van der Waals surface area contributed by atoms with Crippen LogP contribution in [0.1, 0.15) is 31.4 Å². The van der Waals surface area contributed by atoms with Gasteiger partial charge in [0.2, 0.25) is 5.91 Å². The van der Waals surface area contributed by atoms with Gasteiger partial charge in [-0.2, -0.15) is 0 Å². The molecular weight excluding hydrogens is 294 g/mol. The molecule has 5 nitrogen and oxygen atoms in total. The summed E-state index contributed by atoms with van der Waals surface area (Å²) in [6.45, 7) is 5.28. The zero-order valence-corrected chi connectivity index (χ0v) is 13.8. The van der Waals surface area contributed by atoms with E-state index in [4.69, 9.17) is 9.84 Å². The average molecular weight is 319 g/mol. The number of morpholine rings is 1. The van der Waals surface area contributed by atoms with E-state index in [0.717, 1.165) is 12.0 Å². The number of carboxylic acids is 1. The summed E-state index contributed by atoms with van der Waals surface area (Å²) in [5, 5.41) is 8.97. The Balaban J connectivity index is 1.83. The third-order valence-electron chi connectivity index (χ3n) is 3.99. The zero-order chi connectivity index (χ0) is 16.8. The molecule has 1 aromatic rings. The normalized spacial score (nSPS) is 18.2. The van der Waals surface area contributed by atoms with Crippen LogP contribution < -0.4 is 0 Å². The summed E-state index contributed by atoms with van der Waals surface area (Å²) >= 11 is 0. The van der Waals surface area contributed by atoms with Crippen LogP contribution in [0.5, 0.6) is 0 Å². The molecule has 1 saturated heterocycles. The number of benzene rings is 1. The molecule has 1 N–H and O–H groups in total. The molecule has 1 heterocycles. The second-order valence-electron chi connectivity index (χ2n) is 6.45. The third kappa shape index (κ3) is 5.36. The van der Waals surface area contributed by atoms with Crippen molar-refractivity contribution in [2.75, 3.05) is 19.7 Å². The highest BCUT2D eigenvalue weighted by atomic mass is 16.5. The molecule has 1 atom stereocenters. The molecule has 1 aliphatic rings. The Bertz CT molecular complexity index is 538. The second-order valence-corrected chi connectivity index (χ2v) is 6.45. The lowest BCUT2D eigenvalue weighted by Crippen LogP contribution is -2.48. The van der Waals surface area contributed by atoms with Crippen molar-refractivity contribution in [2.45, 2.75) is 39.2 Å². The van der Waals surface area contributed by atoms with Gasteiger partial charge in [-0.05, 0) is 29.9 Å². The average Bonchev–Trinajstić information content (AvgIpc) is 2.53. The molecule has 0 bridgehead atoms. The number of ether oxygens (including phenoxy) is 1. The first-order valence-corrected chi connectivity index (χ1v) is 8.15. The van der Waals surface area contributed by atoms with E-state index in [9.17, 15) is 9.59 Å². The van der Waals surface area contributed by atoms with Crippen molar-refractivity contribution in [1.29, 1.82) is 0 Å². The van der Waals surface area contributed by atoms with E-state index in [1.807, 2.05) is 0 Å². The number of amides is 1. The Morgan fingerprint density at radius 3 is 2.52 bits per heavy atom. The van der Waals surface area contributed by atoms with Crippen LogP contribution in [0.4, 0.5) is 0 Å². The molecule has 1 aliphatic heterocycles. The Hall–Kier alpha value is -1.88. The predicted molar refractivity (Wildman–Crippen MR) is 87.3 cm³/mol. The first-order chi connectivity index (χ1) is 11.0. The molecule has 0 aromatic heterocycles. The van der Waals surface area contributed by atoms with Crippen LogP contribution in [-0.4, -0.2) is 47.7 Å². The van der Waals surface area contributed by atoms with E-state index < -0.39 is 12.1 Å². The van der Waals surface area contributed by atoms with Gasteiger partial charge in [-0.3, -0.25) is 4.79 Å². The molecule has 1 fully saturated rings. The van der Waals surface area contributed by atoms with Gasteiger partial charge in [-0.25, -0.2) is 4.79 Å². The van der Waals surface area contributed by atoms with E-state index in [-0.39, 0.29) is 19.1 Å². The van der Waals surface area contributed by atoms with Crippen molar-refractivity contribution in [3.8, 4) is 0 Å². The Morgan fingerprint density at radius 2 is 1.91 bits per heavy atom. The maximum absolute atomic E-state index is 12.2. The molecule has 1 aromatic carbocycles. The summed E-state index contributed by atoms with van der Waals surface area (Å²) in [6.07, 6.45) is 1.23. The van der Waals surface area contributed by atoms with E-state index in [1.165, 1.54) is 5.56 Å². The van der Waals surface area contributed by atoms with Gasteiger partial charge in [0.1, 0.15) is 0 Å². The number of carbonyl (C=O) groups is 2. The number of aryl methyl sites for hydroxylation is 1. The van der Waals surface area contributed by atoms with Crippen molar-refractivity contribution in [3.05, 3.63) is 35.4 Å². The quantitative estimate of drug-likeness (QED) is 0.872. The molecule has 126 valence electrons. The van der Waals surface area contributed by atoms with Crippen molar-refractivity contribution in [2.24, 2.45) is 5.92 Å². The fraction of sp³-hybridized carbons (Fsp3) is 0.556. The van der Waals surface area contributed by atoms with E-state index in [0.29, 0.717) is 25.3 Å². The standard InChI is InChI=1S/C18H25NO4/c1-13(2)11-15-5-3-14(4-6-15)7-8-17(20)19-9-10-23-16(12-19)18(21)22/h3-6,13,16H,7-12H2,1-2H3,(H,21,22). The van der Waals surface area contributed by atoms with E-state index in [2.05, 4.69) is 38.1 Å². The van der Waals surface area contributed by atoms with Gasteiger partial charge in [0, 0.05) is 13.0 Å². The summed E-state index contributed by atoms with van der Waals surface area (Å²) in [5.74, 6) is -0.389. The number of hydrogen-bond acceptors (Lipinski definition) is 3. The van der Waals surface area contributed by atoms with Gasteiger partial charge in [0.25, 0.3) is 0 Å². The minimum Gasteiger partial charge on any atom is -0.479 e. The minimum absolute atomic E-state index is 0.00851. The number of aliphatic carboxylic acids is 1. The molecule has 1 amide bonds. The molecule has 1 unspecified atom stereocenters. The van der Waals surface area contributed by atoms with Crippen LogP contribution in [0.15, 0.2) is 24.3 Å². The van der Waals surface area contributed by atoms with Crippen molar-refractivity contribution in [1.82, 2.24) is 4.90 Å². The van der Waals surface area contributed by atoms with E-state index >= 15 is 0 Å². The third-order valence-corrected chi connectivity index (χ3v) is 3.99. The molecule has 0 spiro atoms. The lowest BCUT2D eigenvalue weighted by atomic mass is 10.0. The van der Waals surface area contributed by atoms with Gasteiger partial charge in [-0.15, -0.1) is 0 Å². The summed E-state index contributed by atoms with van der Waals surface area (Å²) in [4.78, 5) is 24.8. The molecular formula is C18H25NO4. The summed E-state index contributed by atoms with van der Waals surface area (Å²) in [7, 11) is 0. The number of carboxylic acid groups (broad SMARTS) is 1. The number of carbonyl (C=O) groups excluding carboxylic acids is 1. The Kier molecular flexibility index (Phi) is 6.16. The largest absolute Gasteiger partial charge is 0.479 e. The lowest BCUT2D eigenvalue weighted by molar-refractivity contribution is -0.159. The highest BCUT2D eigenvalue weighted by Crippen LogP contribution is 2.13. The van der Waals surface area contributed by atoms with Crippen LogP contribution in [0.2, 0.25) is 0 Å². The Labute approximate surface area is 137 Å². The summed E-state index contributed by atoms with van der Waals surface area (Å²) in [6, 6.07) is 8.39. The molecule has 23 heavy (non-hydrogen) atoms. The summed E-state index contributed by atoms with van der Waals surface area (Å²) in [5.41, 5.74) is 2.45. The molecule has 5 heteroatoms. The fourth-order valence-electron chi connectivity index (χ4n) is 2.75. The maximum atomic E-state index is 12.2. The van der Waals surface area contributed by atoms with Crippen LogP contribution in [-0.2, 0) is 27.2 Å². The van der Waals surface area contributed by atoms with Crippen molar-refractivity contribution in [3.63, 3.8) is 0 Å². The zero-order valence-electron chi connectivity index (χ0n) is 13.8. The smallest absolute Gasteiger partial charge is 0.334 e. The van der Waals surface area contributed by atoms with Crippen LogP contribution in [0.3, 0.4) is 0 Å². The van der Waals surface area contributed by atoms with Gasteiger partial charge in [-0.1, -0.05) is 38.1 Å². The van der Waals surface area contributed by atoms with Crippen molar-refractivity contribution < 1.29 is 19.4 Å². The fourth-order valence-corrected chi connectivity index (χ4v) is 2.75. The minimum atomic E-state index is -1.01. The van der Waals surface area contributed by atoms with E-state index in [1.54, 1.807) is 4.90 Å². The van der Waals surface area contributed by atoms with Crippen LogP contribution >= 0.6 is 0 Å². The SMILES string of the molecule is CC(C)Cc1ccc(CCC(=O)N2CCOC(C(=O)O)C2)cc1. The first-order valence-electron chi connectivity index (χ1n) is 8.15. The highest BCUT2D eigenvalue weighted by molar-refractivity contribution is 5.78. The first kappa shape index (κ1) is 17.5. The van der Waals surface area contributed by atoms with Gasteiger partial charge in [0.05, 0.1) is 13.2 Å². The number of rotatable bonds is 6. The summed E-state index contributed by atoms with van der Waals surface area (Å²) < 4.78 is 5.13. The lowest BCUT2D eigenvalue weighted by Gasteiger charge is -2.31. The Morgan fingerprint density at radius 1 is 1.26 bits per heavy atom. The van der Waals surface area contributed by atoms with Gasteiger partial charge in [0.15, 0.2) is 6.10 Å². The topological polar surface area (TPSA) is 66.8 Å². The highest BCUT2D eigenvalue weighted by Gasteiger charge is 2.28. The predicted octanol–water partition coefficient (Wildman–Crippen LogP) is 2.13. The molecule has 0 aliphatic carbocycles. The van der Waals surface area contributed by atoms with Gasteiger partial charge >= 0.3 is 5.97 Å². The molecule has 0 radical (unpaired) electrons. The van der Waals surface area contributed by atoms with Crippen LogP contribution in [0, 0.1) is 5.92 Å². The van der Waals surface area contributed by atoms with Crippen LogP contribution in [0.25, 0.3) is 0 Å². The second kappa shape index (κ2) is 8.11. The number of nitrogens with zero attached hydrogens (tertiary/aromatic N) is 1. The maximum Gasteiger partial charge on any atom is 0.334 e.